The second-order valence-corrected chi connectivity index (χ2v) is 3.44. The molecular formula is C9H17NO. The van der Waals surface area contributed by atoms with E-state index >= 15 is 0 Å². The Kier molecular flexibility index (Phi) is 2.66. The molecule has 1 aliphatic carbocycles. The number of likely N-dealkylation sites (N-methyl/N-ethyl adjacent to an activating group) is 1. The molecule has 0 aromatic carbocycles. The molecule has 0 spiro atoms. The lowest BCUT2D eigenvalue weighted by atomic mass is 9.64. The highest BCUT2D eigenvalue weighted by Gasteiger charge is 2.41. The minimum absolute atomic E-state index is 0.0724. The van der Waals surface area contributed by atoms with E-state index in [1.807, 2.05) is 7.05 Å². The second kappa shape index (κ2) is 3.35. The van der Waals surface area contributed by atoms with E-state index in [2.05, 4.69) is 12.2 Å². The van der Waals surface area contributed by atoms with Crippen LogP contribution in [0.1, 0.15) is 32.6 Å². The summed E-state index contributed by atoms with van der Waals surface area (Å²) < 4.78 is 0. The number of rotatable bonds is 4. The predicted octanol–water partition coefficient (Wildman–Crippen LogP) is 1.36. The van der Waals surface area contributed by atoms with E-state index in [-0.39, 0.29) is 5.41 Å². The van der Waals surface area contributed by atoms with Crippen LogP contribution < -0.4 is 5.32 Å². The quantitative estimate of drug-likeness (QED) is 0.664. The molecule has 1 aliphatic rings. The average molecular weight is 155 g/mol. The summed E-state index contributed by atoms with van der Waals surface area (Å²) in [5, 5.41) is 2.93. The Morgan fingerprint density at radius 1 is 1.55 bits per heavy atom. The van der Waals surface area contributed by atoms with Crippen molar-refractivity contribution in [3.8, 4) is 0 Å². The van der Waals surface area contributed by atoms with E-state index in [1.54, 1.807) is 0 Å². The van der Waals surface area contributed by atoms with Crippen LogP contribution in [0.5, 0.6) is 0 Å². The first-order chi connectivity index (χ1) is 5.25. The van der Waals surface area contributed by atoms with Gasteiger partial charge in [0.1, 0.15) is 0 Å². The van der Waals surface area contributed by atoms with Gasteiger partial charge in [0.15, 0.2) is 5.78 Å². The zero-order valence-corrected chi connectivity index (χ0v) is 7.44. The molecule has 0 aromatic heterocycles. The Balaban J connectivity index is 2.47. The number of carbonyl (C=O) groups excluding carboxylic acids is 1. The van der Waals surface area contributed by atoms with Crippen molar-refractivity contribution >= 4 is 5.78 Å². The molecule has 1 fully saturated rings. The maximum absolute atomic E-state index is 11.5. The summed E-state index contributed by atoms with van der Waals surface area (Å²) in [6.45, 7) is 2.67. The summed E-state index contributed by atoms with van der Waals surface area (Å²) in [6.07, 6.45) is 4.49. The van der Waals surface area contributed by atoms with Crippen molar-refractivity contribution in [1.82, 2.24) is 5.32 Å². The molecule has 0 aliphatic heterocycles. The van der Waals surface area contributed by atoms with E-state index in [4.69, 9.17) is 0 Å². The van der Waals surface area contributed by atoms with Crippen molar-refractivity contribution in [1.29, 1.82) is 0 Å². The van der Waals surface area contributed by atoms with Crippen LogP contribution in [-0.2, 0) is 4.79 Å². The van der Waals surface area contributed by atoms with Crippen LogP contribution in [0, 0.1) is 5.41 Å². The van der Waals surface area contributed by atoms with Gasteiger partial charge in [0, 0.05) is 5.41 Å². The molecule has 0 aromatic rings. The average Bonchev–Trinajstić information content (AvgIpc) is 1.87. The molecule has 0 atom stereocenters. The summed E-state index contributed by atoms with van der Waals surface area (Å²) in [4.78, 5) is 11.5. The normalized spacial score (nSPS) is 20.9. The highest BCUT2D eigenvalue weighted by atomic mass is 16.1. The molecule has 0 unspecified atom stereocenters. The Labute approximate surface area is 68.4 Å². The lowest BCUT2D eigenvalue weighted by Gasteiger charge is -2.39. The fourth-order valence-electron chi connectivity index (χ4n) is 1.78. The van der Waals surface area contributed by atoms with Crippen LogP contribution >= 0.6 is 0 Å². The van der Waals surface area contributed by atoms with Crippen molar-refractivity contribution in [3.63, 3.8) is 0 Å². The van der Waals surface area contributed by atoms with E-state index in [9.17, 15) is 4.79 Å². The van der Waals surface area contributed by atoms with Gasteiger partial charge in [0.25, 0.3) is 0 Å². The molecule has 0 bridgehead atoms. The third-order valence-electron chi connectivity index (χ3n) is 2.92. The lowest BCUT2D eigenvalue weighted by Crippen LogP contribution is -2.41. The lowest BCUT2D eigenvalue weighted by molar-refractivity contribution is -0.132. The molecule has 0 radical (unpaired) electrons. The van der Waals surface area contributed by atoms with Crippen LogP contribution in [0.4, 0.5) is 0 Å². The number of nitrogens with one attached hydrogen (secondary N) is 1. The smallest absolute Gasteiger partial charge is 0.152 e. The summed E-state index contributed by atoms with van der Waals surface area (Å²) in [5.74, 6) is 0.411. The van der Waals surface area contributed by atoms with Crippen molar-refractivity contribution in [2.75, 3.05) is 13.6 Å². The number of hydrogen-bond donors (Lipinski definition) is 1. The van der Waals surface area contributed by atoms with Gasteiger partial charge in [-0.25, -0.2) is 0 Å². The molecule has 0 heterocycles. The summed E-state index contributed by atoms with van der Waals surface area (Å²) in [7, 11) is 1.83. The first kappa shape index (κ1) is 8.72. The minimum atomic E-state index is 0.0724. The van der Waals surface area contributed by atoms with Crippen LogP contribution in [0.2, 0.25) is 0 Å². The first-order valence-corrected chi connectivity index (χ1v) is 4.43. The van der Waals surface area contributed by atoms with Crippen molar-refractivity contribution < 1.29 is 4.79 Å². The molecular weight excluding hydrogens is 138 g/mol. The van der Waals surface area contributed by atoms with E-state index < -0.39 is 0 Å². The molecule has 0 amide bonds. The maximum Gasteiger partial charge on any atom is 0.152 e. The van der Waals surface area contributed by atoms with E-state index in [0.29, 0.717) is 12.3 Å². The van der Waals surface area contributed by atoms with Gasteiger partial charge >= 0.3 is 0 Å². The van der Waals surface area contributed by atoms with Crippen LogP contribution in [0.15, 0.2) is 0 Å². The number of hydrogen-bond acceptors (Lipinski definition) is 2. The molecule has 2 nitrogen and oxygen atoms in total. The second-order valence-electron chi connectivity index (χ2n) is 3.44. The molecule has 11 heavy (non-hydrogen) atoms. The zero-order chi connectivity index (χ0) is 8.32. The van der Waals surface area contributed by atoms with Gasteiger partial charge in [0.05, 0.1) is 6.54 Å². The van der Waals surface area contributed by atoms with E-state index in [1.165, 1.54) is 6.42 Å². The molecule has 2 heteroatoms. The number of carbonyl (C=O) groups is 1. The first-order valence-electron chi connectivity index (χ1n) is 4.43. The molecule has 1 saturated carbocycles. The van der Waals surface area contributed by atoms with Gasteiger partial charge in [0.2, 0.25) is 0 Å². The van der Waals surface area contributed by atoms with Crippen LogP contribution in [-0.4, -0.2) is 19.4 Å². The van der Waals surface area contributed by atoms with E-state index in [0.717, 1.165) is 19.3 Å². The molecule has 1 N–H and O–H groups in total. The van der Waals surface area contributed by atoms with Gasteiger partial charge in [-0.1, -0.05) is 13.3 Å². The topological polar surface area (TPSA) is 29.1 Å². The highest BCUT2D eigenvalue weighted by Crippen LogP contribution is 2.44. The molecule has 0 saturated heterocycles. The molecule has 64 valence electrons. The predicted molar refractivity (Wildman–Crippen MR) is 45.5 cm³/mol. The van der Waals surface area contributed by atoms with Gasteiger partial charge in [-0.3, -0.25) is 4.79 Å². The van der Waals surface area contributed by atoms with Crippen molar-refractivity contribution in [2.24, 2.45) is 5.41 Å². The summed E-state index contributed by atoms with van der Waals surface area (Å²) in [5.41, 5.74) is 0.0724. The Morgan fingerprint density at radius 2 is 2.18 bits per heavy atom. The SMILES string of the molecule is CCC1(C(=O)CNC)CCC1. The van der Waals surface area contributed by atoms with Crippen molar-refractivity contribution in [2.45, 2.75) is 32.6 Å². The summed E-state index contributed by atoms with van der Waals surface area (Å²) >= 11 is 0. The largest absolute Gasteiger partial charge is 0.313 e. The number of Topliss-reactive ketones (excluding diaryl/α,β-unsaturated/α-hetero) is 1. The highest BCUT2D eigenvalue weighted by molar-refractivity contribution is 5.87. The monoisotopic (exact) mass is 155 g/mol. The fourth-order valence-corrected chi connectivity index (χ4v) is 1.78. The van der Waals surface area contributed by atoms with Crippen LogP contribution in [0.25, 0.3) is 0 Å². The summed E-state index contributed by atoms with van der Waals surface area (Å²) in [6, 6.07) is 0. The van der Waals surface area contributed by atoms with Gasteiger partial charge < -0.3 is 5.32 Å². The van der Waals surface area contributed by atoms with Crippen LogP contribution in [0.3, 0.4) is 0 Å². The standard InChI is InChI=1S/C9H17NO/c1-3-9(5-4-6-9)8(11)7-10-2/h10H,3-7H2,1-2H3. The fraction of sp³-hybridized carbons (Fsp3) is 0.889. The van der Waals surface area contributed by atoms with Gasteiger partial charge in [-0.05, 0) is 26.3 Å². The third-order valence-corrected chi connectivity index (χ3v) is 2.92. The number of ketones is 1. The maximum atomic E-state index is 11.5. The Bertz CT molecular complexity index is 144. The Hall–Kier alpha value is -0.370. The zero-order valence-electron chi connectivity index (χ0n) is 7.44. The Morgan fingerprint density at radius 3 is 2.45 bits per heavy atom. The third kappa shape index (κ3) is 1.45. The van der Waals surface area contributed by atoms with Gasteiger partial charge in [-0.15, -0.1) is 0 Å². The van der Waals surface area contributed by atoms with Crippen molar-refractivity contribution in [3.05, 3.63) is 0 Å². The van der Waals surface area contributed by atoms with Gasteiger partial charge in [-0.2, -0.15) is 0 Å². The molecule has 1 rings (SSSR count). The minimum Gasteiger partial charge on any atom is -0.313 e.